The Morgan fingerprint density at radius 3 is 2.42 bits per heavy atom. The molecular weight excluding hydrogens is 178 g/mol. The Bertz CT molecular complexity index is 299. The van der Waals surface area contributed by atoms with Crippen molar-refractivity contribution >= 4 is 15.7 Å². The Labute approximate surface area is 72.5 Å². The summed E-state index contributed by atoms with van der Waals surface area (Å²) >= 11 is 0. The second-order valence-electron chi connectivity index (χ2n) is 2.52. The van der Waals surface area contributed by atoms with E-state index in [9.17, 15) is 13.2 Å². The third kappa shape index (κ3) is 4.74. The number of sulfone groups is 1. The molecule has 0 atom stereocenters. The van der Waals surface area contributed by atoms with E-state index in [4.69, 9.17) is 6.42 Å². The number of amides is 1. The second-order valence-corrected chi connectivity index (χ2v) is 4.66. The first kappa shape index (κ1) is 11.0. The molecule has 0 saturated carbocycles. The van der Waals surface area contributed by atoms with Crippen LogP contribution >= 0.6 is 0 Å². The molecule has 12 heavy (non-hydrogen) atoms. The zero-order valence-electron chi connectivity index (χ0n) is 7.07. The summed E-state index contributed by atoms with van der Waals surface area (Å²) in [5.74, 6) is 1.29. The number of hydrogen-bond acceptors (Lipinski definition) is 3. The molecule has 0 saturated heterocycles. The summed E-state index contributed by atoms with van der Waals surface area (Å²) in [6.07, 6.45) is 5.95. The van der Waals surface area contributed by atoms with Crippen LogP contribution in [0.4, 0.5) is 0 Å². The Hall–Kier alpha value is -1.02. The molecule has 0 heterocycles. The highest BCUT2D eigenvalue weighted by atomic mass is 32.2. The van der Waals surface area contributed by atoms with Gasteiger partial charge in [-0.05, 0) is 0 Å². The van der Waals surface area contributed by atoms with Crippen molar-refractivity contribution in [2.24, 2.45) is 0 Å². The van der Waals surface area contributed by atoms with Crippen molar-refractivity contribution in [1.82, 2.24) is 4.90 Å². The predicted octanol–water partition coefficient (Wildman–Crippen LogP) is -0.877. The smallest absolute Gasteiger partial charge is 0.238 e. The molecule has 0 aliphatic heterocycles. The van der Waals surface area contributed by atoms with E-state index in [2.05, 4.69) is 5.92 Å². The lowest BCUT2D eigenvalue weighted by Crippen LogP contribution is -2.32. The molecule has 5 heteroatoms. The zero-order chi connectivity index (χ0) is 9.78. The maximum absolute atomic E-state index is 11.0. The maximum atomic E-state index is 11.0. The third-order valence-corrected chi connectivity index (χ3v) is 1.91. The monoisotopic (exact) mass is 189 g/mol. The first-order valence-corrected chi connectivity index (χ1v) is 5.28. The first-order chi connectivity index (χ1) is 5.37. The number of carbonyl (C=O) groups excluding carboxylic acids is 1. The Balaban J connectivity index is 4.17. The molecule has 0 rings (SSSR count). The lowest BCUT2D eigenvalue weighted by atomic mass is 10.5. The molecule has 0 aromatic rings. The SMILES string of the molecule is C#CCN(C)C(=O)CS(C)(=O)=O. The lowest BCUT2D eigenvalue weighted by molar-refractivity contribution is -0.126. The van der Waals surface area contributed by atoms with Gasteiger partial charge in [-0.15, -0.1) is 6.42 Å². The van der Waals surface area contributed by atoms with Crippen LogP contribution in [0.3, 0.4) is 0 Å². The van der Waals surface area contributed by atoms with Gasteiger partial charge in [0.05, 0.1) is 6.54 Å². The Morgan fingerprint density at radius 2 is 2.08 bits per heavy atom. The van der Waals surface area contributed by atoms with Crippen LogP contribution in [0.15, 0.2) is 0 Å². The molecule has 0 spiro atoms. The van der Waals surface area contributed by atoms with Gasteiger partial charge in [0, 0.05) is 13.3 Å². The number of terminal acetylenes is 1. The summed E-state index contributed by atoms with van der Waals surface area (Å²) in [6.45, 7) is 0.133. The molecule has 0 radical (unpaired) electrons. The van der Waals surface area contributed by atoms with Gasteiger partial charge in [0.1, 0.15) is 5.75 Å². The van der Waals surface area contributed by atoms with Gasteiger partial charge in [0.25, 0.3) is 0 Å². The molecule has 4 nitrogen and oxygen atoms in total. The zero-order valence-corrected chi connectivity index (χ0v) is 7.89. The summed E-state index contributed by atoms with van der Waals surface area (Å²) in [6, 6.07) is 0. The second kappa shape index (κ2) is 4.12. The molecular formula is C7H11NO3S. The van der Waals surface area contributed by atoms with Gasteiger partial charge < -0.3 is 4.90 Å². The van der Waals surface area contributed by atoms with Gasteiger partial charge in [-0.1, -0.05) is 5.92 Å². The fourth-order valence-corrected chi connectivity index (χ4v) is 1.23. The average molecular weight is 189 g/mol. The molecule has 0 aromatic carbocycles. The minimum atomic E-state index is -3.25. The van der Waals surface area contributed by atoms with Crippen molar-refractivity contribution in [3.63, 3.8) is 0 Å². The van der Waals surface area contributed by atoms with E-state index >= 15 is 0 Å². The number of rotatable bonds is 3. The van der Waals surface area contributed by atoms with Gasteiger partial charge in [-0.2, -0.15) is 0 Å². The van der Waals surface area contributed by atoms with Crippen molar-refractivity contribution in [1.29, 1.82) is 0 Å². The highest BCUT2D eigenvalue weighted by Gasteiger charge is 2.13. The molecule has 0 aliphatic carbocycles. The van der Waals surface area contributed by atoms with Crippen molar-refractivity contribution in [2.45, 2.75) is 0 Å². The average Bonchev–Trinajstić information content (AvgIpc) is 1.84. The van der Waals surface area contributed by atoms with E-state index in [1.54, 1.807) is 0 Å². The van der Waals surface area contributed by atoms with Crippen LogP contribution in [0.1, 0.15) is 0 Å². The quantitative estimate of drug-likeness (QED) is 0.542. The van der Waals surface area contributed by atoms with Crippen LogP contribution in [0, 0.1) is 12.3 Å². The summed E-state index contributed by atoms with van der Waals surface area (Å²) in [5.41, 5.74) is 0. The number of hydrogen-bond donors (Lipinski definition) is 0. The fourth-order valence-electron chi connectivity index (χ4n) is 0.560. The summed E-state index contributed by atoms with van der Waals surface area (Å²) in [4.78, 5) is 12.2. The Kier molecular flexibility index (Phi) is 3.77. The van der Waals surface area contributed by atoms with E-state index in [0.717, 1.165) is 6.26 Å². The molecule has 0 aliphatic rings. The molecule has 0 aromatic heterocycles. The maximum Gasteiger partial charge on any atom is 0.238 e. The highest BCUT2D eigenvalue weighted by molar-refractivity contribution is 7.91. The van der Waals surface area contributed by atoms with Gasteiger partial charge in [0.15, 0.2) is 9.84 Å². The van der Waals surface area contributed by atoms with E-state index in [1.807, 2.05) is 0 Å². The lowest BCUT2D eigenvalue weighted by Gasteiger charge is -2.12. The molecule has 0 unspecified atom stereocenters. The Morgan fingerprint density at radius 1 is 1.58 bits per heavy atom. The van der Waals surface area contributed by atoms with Crippen LogP contribution in [0.5, 0.6) is 0 Å². The van der Waals surface area contributed by atoms with E-state index in [1.165, 1.54) is 11.9 Å². The van der Waals surface area contributed by atoms with E-state index in [0.29, 0.717) is 0 Å². The number of carbonyl (C=O) groups is 1. The minimum absolute atomic E-state index is 0.133. The number of nitrogens with zero attached hydrogens (tertiary/aromatic N) is 1. The third-order valence-electron chi connectivity index (χ3n) is 1.14. The van der Waals surface area contributed by atoms with E-state index < -0.39 is 21.5 Å². The standard InChI is InChI=1S/C7H11NO3S/c1-4-5-8(2)7(9)6-12(3,10)11/h1H,5-6H2,2-3H3. The summed E-state index contributed by atoms with van der Waals surface area (Å²) < 4.78 is 21.3. The normalized spacial score (nSPS) is 10.4. The van der Waals surface area contributed by atoms with Crippen molar-refractivity contribution < 1.29 is 13.2 Å². The predicted molar refractivity (Wildman–Crippen MR) is 46.2 cm³/mol. The van der Waals surface area contributed by atoms with Crippen molar-refractivity contribution in [3.8, 4) is 12.3 Å². The molecule has 0 fully saturated rings. The van der Waals surface area contributed by atoms with Crippen LogP contribution in [0.2, 0.25) is 0 Å². The fraction of sp³-hybridized carbons (Fsp3) is 0.571. The van der Waals surface area contributed by atoms with Gasteiger partial charge in [-0.25, -0.2) is 8.42 Å². The highest BCUT2D eigenvalue weighted by Crippen LogP contribution is 1.89. The molecule has 68 valence electrons. The molecule has 0 N–H and O–H groups in total. The van der Waals surface area contributed by atoms with E-state index in [-0.39, 0.29) is 6.54 Å². The summed E-state index contributed by atoms with van der Waals surface area (Å²) in [7, 11) is -1.78. The largest absolute Gasteiger partial charge is 0.334 e. The van der Waals surface area contributed by atoms with Crippen molar-refractivity contribution in [3.05, 3.63) is 0 Å². The molecule has 1 amide bonds. The first-order valence-electron chi connectivity index (χ1n) is 3.22. The minimum Gasteiger partial charge on any atom is -0.334 e. The van der Waals surface area contributed by atoms with Gasteiger partial charge in [0.2, 0.25) is 5.91 Å². The van der Waals surface area contributed by atoms with Gasteiger partial charge >= 0.3 is 0 Å². The van der Waals surface area contributed by atoms with Crippen molar-refractivity contribution in [2.75, 3.05) is 25.6 Å². The van der Waals surface area contributed by atoms with Crippen LogP contribution in [-0.2, 0) is 14.6 Å². The van der Waals surface area contributed by atoms with Crippen LogP contribution < -0.4 is 0 Å². The summed E-state index contributed by atoms with van der Waals surface area (Å²) in [5, 5.41) is 0. The van der Waals surface area contributed by atoms with Crippen LogP contribution in [0.25, 0.3) is 0 Å². The van der Waals surface area contributed by atoms with Crippen LogP contribution in [-0.4, -0.2) is 44.8 Å². The molecule has 0 bridgehead atoms. The van der Waals surface area contributed by atoms with Gasteiger partial charge in [-0.3, -0.25) is 4.79 Å². The topological polar surface area (TPSA) is 54.5 Å².